The van der Waals surface area contributed by atoms with Gasteiger partial charge in [-0.15, -0.1) is 0 Å². The second-order valence-electron chi connectivity index (χ2n) is 4.98. The van der Waals surface area contributed by atoms with Crippen LogP contribution < -0.4 is 5.32 Å². The minimum absolute atomic E-state index is 0.712. The molecule has 0 aliphatic carbocycles. The van der Waals surface area contributed by atoms with Crippen molar-refractivity contribution in [2.45, 2.75) is 40.5 Å². The highest BCUT2D eigenvalue weighted by Crippen LogP contribution is 2.13. The van der Waals surface area contributed by atoms with E-state index in [2.05, 4.69) is 33.0 Å². The van der Waals surface area contributed by atoms with Crippen LogP contribution in [0.3, 0.4) is 0 Å². The smallest absolute Gasteiger partial charge is 0.0701 e. The highest BCUT2D eigenvalue weighted by Gasteiger charge is 2.05. The lowest BCUT2D eigenvalue weighted by atomic mass is 9.95. The Balaban J connectivity index is 3.03. The lowest BCUT2D eigenvalue weighted by molar-refractivity contribution is 0.0427. The van der Waals surface area contributed by atoms with Gasteiger partial charge in [0.05, 0.1) is 19.8 Å². The van der Waals surface area contributed by atoms with Crippen molar-refractivity contribution in [1.82, 2.24) is 5.32 Å². The molecule has 0 heterocycles. The average molecular weight is 245 g/mol. The van der Waals surface area contributed by atoms with Gasteiger partial charge in [-0.2, -0.15) is 0 Å². The molecule has 0 aromatic rings. The number of nitrogens with one attached hydrogen (secondary N) is 1. The molecule has 3 nitrogen and oxygen atoms in total. The fraction of sp³-hybridized carbons (Fsp3) is 1.00. The molecule has 0 spiro atoms. The molecule has 17 heavy (non-hydrogen) atoms. The van der Waals surface area contributed by atoms with Crippen molar-refractivity contribution in [2.24, 2.45) is 11.8 Å². The van der Waals surface area contributed by atoms with E-state index in [1.54, 1.807) is 0 Å². The largest absolute Gasteiger partial charge is 0.379 e. The van der Waals surface area contributed by atoms with Gasteiger partial charge in [0.1, 0.15) is 0 Å². The topological polar surface area (TPSA) is 30.5 Å². The Kier molecular flexibility index (Phi) is 12.3. The van der Waals surface area contributed by atoms with Crippen molar-refractivity contribution in [2.75, 3.05) is 39.5 Å². The molecule has 0 aromatic carbocycles. The van der Waals surface area contributed by atoms with Crippen LogP contribution in [0.1, 0.15) is 40.5 Å². The van der Waals surface area contributed by atoms with Gasteiger partial charge < -0.3 is 14.8 Å². The fourth-order valence-electron chi connectivity index (χ4n) is 1.37. The Bertz CT molecular complexity index is 151. The van der Waals surface area contributed by atoms with Gasteiger partial charge in [-0.05, 0) is 31.2 Å². The summed E-state index contributed by atoms with van der Waals surface area (Å²) >= 11 is 0. The van der Waals surface area contributed by atoms with Crippen LogP contribution in [0.25, 0.3) is 0 Å². The van der Waals surface area contributed by atoms with Gasteiger partial charge in [-0.3, -0.25) is 0 Å². The fourth-order valence-corrected chi connectivity index (χ4v) is 1.37. The number of hydrogen-bond donors (Lipinski definition) is 1. The summed E-state index contributed by atoms with van der Waals surface area (Å²) in [7, 11) is 0. The van der Waals surface area contributed by atoms with Crippen LogP contribution in [-0.2, 0) is 9.47 Å². The van der Waals surface area contributed by atoms with Crippen LogP contribution in [0.2, 0.25) is 0 Å². The summed E-state index contributed by atoms with van der Waals surface area (Å²) < 4.78 is 11.0. The van der Waals surface area contributed by atoms with Crippen LogP contribution >= 0.6 is 0 Å². The number of ether oxygens (including phenoxy) is 2. The molecule has 1 N–H and O–H groups in total. The monoisotopic (exact) mass is 245 g/mol. The molecule has 1 atom stereocenters. The lowest BCUT2D eigenvalue weighted by Crippen LogP contribution is -2.21. The first-order valence-electron chi connectivity index (χ1n) is 7.04. The van der Waals surface area contributed by atoms with E-state index in [-0.39, 0.29) is 0 Å². The van der Waals surface area contributed by atoms with Gasteiger partial charge in [0.25, 0.3) is 0 Å². The molecule has 0 fully saturated rings. The maximum atomic E-state index is 5.54. The summed E-state index contributed by atoms with van der Waals surface area (Å²) in [6, 6.07) is 0. The van der Waals surface area contributed by atoms with E-state index < -0.39 is 0 Å². The second kappa shape index (κ2) is 12.3. The SMILES string of the molecule is CCCNCCOCCOCCC(C)C(C)C. The first-order chi connectivity index (χ1) is 8.18. The summed E-state index contributed by atoms with van der Waals surface area (Å²) in [5.41, 5.74) is 0. The highest BCUT2D eigenvalue weighted by atomic mass is 16.5. The van der Waals surface area contributed by atoms with Gasteiger partial charge in [0, 0.05) is 13.2 Å². The van der Waals surface area contributed by atoms with E-state index in [1.807, 2.05) is 0 Å². The Morgan fingerprint density at radius 2 is 1.53 bits per heavy atom. The molecule has 0 aromatic heterocycles. The number of rotatable bonds is 12. The van der Waals surface area contributed by atoms with E-state index >= 15 is 0 Å². The van der Waals surface area contributed by atoms with Gasteiger partial charge in [0.2, 0.25) is 0 Å². The molecule has 0 saturated heterocycles. The summed E-state index contributed by atoms with van der Waals surface area (Å²) in [6.07, 6.45) is 2.33. The summed E-state index contributed by atoms with van der Waals surface area (Å²) in [5.74, 6) is 1.49. The molecule has 0 aliphatic heterocycles. The van der Waals surface area contributed by atoms with Crippen LogP contribution in [0.4, 0.5) is 0 Å². The van der Waals surface area contributed by atoms with Crippen molar-refractivity contribution in [3.8, 4) is 0 Å². The van der Waals surface area contributed by atoms with Crippen LogP contribution in [0, 0.1) is 11.8 Å². The van der Waals surface area contributed by atoms with Crippen LogP contribution in [-0.4, -0.2) is 39.5 Å². The molecular formula is C14H31NO2. The Labute approximate surface area is 107 Å². The van der Waals surface area contributed by atoms with E-state index in [4.69, 9.17) is 9.47 Å². The normalized spacial score (nSPS) is 13.2. The molecule has 0 saturated carbocycles. The standard InChI is InChI=1S/C14H31NO2/c1-5-7-15-8-10-17-12-11-16-9-6-14(4)13(2)3/h13-15H,5-12H2,1-4H3. The van der Waals surface area contributed by atoms with E-state index in [9.17, 15) is 0 Å². The van der Waals surface area contributed by atoms with Crippen molar-refractivity contribution < 1.29 is 9.47 Å². The van der Waals surface area contributed by atoms with E-state index in [0.29, 0.717) is 6.61 Å². The minimum atomic E-state index is 0.712. The van der Waals surface area contributed by atoms with E-state index in [1.165, 1.54) is 6.42 Å². The van der Waals surface area contributed by atoms with Gasteiger partial charge in [0.15, 0.2) is 0 Å². The Morgan fingerprint density at radius 3 is 2.12 bits per heavy atom. The molecule has 0 amide bonds. The van der Waals surface area contributed by atoms with Crippen molar-refractivity contribution in [1.29, 1.82) is 0 Å². The molecule has 3 heteroatoms. The molecule has 0 bridgehead atoms. The highest BCUT2D eigenvalue weighted by molar-refractivity contribution is 4.56. The molecule has 104 valence electrons. The van der Waals surface area contributed by atoms with Crippen LogP contribution in [0.5, 0.6) is 0 Å². The first-order valence-corrected chi connectivity index (χ1v) is 7.04. The van der Waals surface area contributed by atoms with Gasteiger partial charge in [-0.1, -0.05) is 27.7 Å². The lowest BCUT2D eigenvalue weighted by Gasteiger charge is -2.15. The summed E-state index contributed by atoms with van der Waals surface area (Å²) in [5, 5.41) is 3.30. The van der Waals surface area contributed by atoms with Gasteiger partial charge >= 0.3 is 0 Å². The second-order valence-corrected chi connectivity index (χ2v) is 4.98. The molecule has 0 radical (unpaired) electrons. The zero-order valence-electron chi connectivity index (χ0n) is 12.1. The Hall–Kier alpha value is -0.120. The summed E-state index contributed by atoms with van der Waals surface area (Å²) in [6.45, 7) is 14.1. The van der Waals surface area contributed by atoms with Gasteiger partial charge in [-0.25, -0.2) is 0 Å². The third kappa shape index (κ3) is 12.1. The third-order valence-corrected chi connectivity index (χ3v) is 3.08. The maximum absolute atomic E-state index is 5.54. The minimum Gasteiger partial charge on any atom is -0.379 e. The third-order valence-electron chi connectivity index (χ3n) is 3.08. The van der Waals surface area contributed by atoms with Crippen LogP contribution in [0.15, 0.2) is 0 Å². The Morgan fingerprint density at radius 1 is 0.882 bits per heavy atom. The zero-order valence-corrected chi connectivity index (χ0v) is 12.1. The average Bonchev–Trinajstić information content (AvgIpc) is 2.31. The molecule has 1 unspecified atom stereocenters. The van der Waals surface area contributed by atoms with Crippen molar-refractivity contribution in [3.05, 3.63) is 0 Å². The van der Waals surface area contributed by atoms with Crippen molar-refractivity contribution in [3.63, 3.8) is 0 Å². The molecule has 0 rings (SSSR count). The molecular weight excluding hydrogens is 214 g/mol. The van der Waals surface area contributed by atoms with E-state index in [0.717, 1.165) is 51.2 Å². The maximum Gasteiger partial charge on any atom is 0.0701 e. The number of hydrogen-bond acceptors (Lipinski definition) is 3. The first kappa shape index (κ1) is 16.9. The van der Waals surface area contributed by atoms with Crippen molar-refractivity contribution >= 4 is 0 Å². The predicted octanol–water partition coefficient (Wildman–Crippen LogP) is 2.70. The summed E-state index contributed by atoms with van der Waals surface area (Å²) in [4.78, 5) is 0. The molecule has 0 aliphatic rings. The zero-order chi connectivity index (χ0) is 12.9. The predicted molar refractivity (Wildman–Crippen MR) is 73.4 cm³/mol. The quantitative estimate of drug-likeness (QED) is 0.536.